The molecule has 0 spiro atoms. The lowest BCUT2D eigenvalue weighted by atomic mass is 10.2. The molecule has 0 aliphatic rings. The average Bonchev–Trinajstić information content (AvgIpc) is 2.74. The van der Waals surface area contributed by atoms with Gasteiger partial charge in [0.15, 0.2) is 5.16 Å². The minimum Gasteiger partial charge on any atom is -0.339 e. The lowest BCUT2D eigenvalue weighted by molar-refractivity contribution is 0.112. The molecule has 0 aliphatic carbocycles. The third-order valence-electron chi connectivity index (χ3n) is 1.77. The van der Waals surface area contributed by atoms with Crippen LogP contribution in [0.4, 0.5) is 0 Å². The summed E-state index contributed by atoms with van der Waals surface area (Å²) >= 11 is 4.92. The second-order valence-electron chi connectivity index (χ2n) is 2.80. The van der Waals surface area contributed by atoms with Crippen molar-refractivity contribution in [1.29, 1.82) is 0 Å². The minimum atomic E-state index is 0.658. The number of rotatable bonds is 3. The van der Waals surface area contributed by atoms with E-state index in [1.165, 1.54) is 11.8 Å². The van der Waals surface area contributed by atoms with Gasteiger partial charge in [-0.05, 0) is 28.1 Å². The summed E-state index contributed by atoms with van der Waals surface area (Å²) in [5.74, 6) is 0. The molecule has 5 heteroatoms. The second-order valence-corrected chi connectivity index (χ2v) is 4.69. The lowest BCUT2D eigenvalue weighted by Crippen LogP contribution is -1.82. The number of aromatic amines is 1. The van der Waals surface area contributed by atoms with Crippen LogP contribution in [-0.2, 0) is 0 Å². The predicted octanol–water partition coefficient (Wildman–Crippen LogP) is 3.14. The molecule has 1 aromatic heterocycles. The molecule has 0 bridgehead atoms. The number of nitrogens with zero attached hydrogens (tertiary/aromatic N) is 1. The lowest BCUT2D eigenvalue weighted by Gasteiger charge is -2.01. The maximum absolute atomic E-state index is 10.5. The predicted molar refractivity (Wildman–Crippen MR) is 62.2 cm³/mol. The SMILES string of the molecule is O=Cc1ccc(Sc2ncc[nH]2)c(Br)c1. The Bertz CT molecular complexity index is 470. The molecular weight excluding hydrogens is 276 g/mol. The third-order valence-corrected chi connectivity index (χ3v) is 3.68. The fraction of sp³-hybridized carbons (Fsp3) is 0. The van der Waals surface area contributed by atoms with Gasteiger partial charge in [-0.2, -0.15) is 0 Å². The van der Waals surface area contributed by atoms with Gasteiger partial charge in [-0.25, -0.2) is 4.98 Å². The zero-order valence-corrected chi connectivity index (χ0v) is 10.0. The van der Waals surface area contributed by atoms with Crippen molar-refractivity contribution in [3.8, 4) is 0 Å². The second kappa shape index (κ2) is 4.63. The van der Waals surface area contributed by atoms with Gasteiger partial charge in [0.2, 0.25) is 0 Å². The molecule has 0 saturated carbocycles. The summed E-state index contributed by atoms with van der Waals surface area (Å²) < 4.78 is 0.897. The topological polar surface area (TPSA) is 45.8 Å². The maximum Gasteiger partial charge on any atom is 0.170 e. The number of nitrogens with one attached hydrogen (secondary N) is 1. The van der Waals surface area contributed by atoms with Crippen molar-refractivity contribution in [3.63, 3.8) is 0 Å². The molecule has 0 saturated heterocycles. The highest BCUT2D eigenvalue weighted by Gasteiger charge is 2.04. The summed E-state index contributed by atoms with van der Waals surface area (Å²) in [5.41, 5.74) is 0.658. The Morgan fingerprint density at radius 1 is 1.47 bits per heavy atom. The van der Waals surface area contributed by atoms with Gasteiger partial charge in [-0.15, -0.1) is 0 Å². The standard InChI is InChI=1S/C10H7BrN2OS/c11-8-5-7(6-14)1-2-9(8)15-10-12-3-4-13-10/h1-6H,(H,12,13). The number of imidazole rings is 1. The molecule has 0 amide bonds. The van der Waals surface area contributed by atoms with E-state index in [1.54, 1.807) is 24.5 Å². The van der Waals surface area contributed by atoms with Gasteiger partial charge in [0, 0.05) is 27.3 Å². The maximum atomic E-state index is 10.5. The van der Waals surface area contributed by atoms with Crippen molar-refractivity contribution in [3.05, 3.63) is 40.6 Å². The highest BCUT2D eigenvalue weighted by Crippen LogP contribution is 2.31. The third kappa shape index (κ3) is 2.49. The van der Waals surface area contributed by atoms with Crippen LogP contribution < -0.4 is 0 Å². The van der Waals surface area contributed by atoms with Gasteiger partial charge < -0.3 is 4.98 Å². The number of carbonyl (C=O) groups is 1. The van der Waals surface area contributed by atoms with Gasteiger partial charge in [0.25, 0.3) is 0 Å². The minimum absolute atomic E-state index is 0.658. The van der Waals surface area contributed by atoms with Gasteiger partial charge >= 0.3 is 0 Å². The number of aromatic nitrogens is 2. The van der Waals surface area contributed by atoms with E-state index in [1.807, 2.05) is 6.07 Å². The molecule has 1 aromatic carbocycles. The van der Waals surface area contributed by atoms with Crippen LogP contribution in [0.25, 0.3) is 0 Å². The summed E-state index contributed by atoms with van der Waals surface area (Å²) in [6, 6.07) is 5.46. The normalized spacial score (nSPS) is 10.2. The van der Waals surface area contributed by atoms with E-state index in [2.05, 4.69) is 25.9 Å². The molecule has 0 unspecified atom stereocenters. The number of hydrogen-bond donors (Lipinski definition) is 1. The van der Waals surface area contributed by atoms with Crippen molar-refractivity contribution in [2.75, 3.05) is 0 Å². The van der Waals surface area contributed by atoms with Crippen LogP contribution in [0.5, 0.6) is 0 Å². The van der Waals surface area contributed by atoms with Crippen molar-refractivity contribution in [2.45, 2.75) is 10.1 Å². The molecule has 0 aliphatic heterocycles. The van der Waals surface area contributed by atoms with Crippen molar-refractivity contribution in [2.24, 2.45) is 0 Å². The van der Waals surface area contributed by atoms with Crippen LogP contribution in [-0.4, -0.2) is 16.3 Å². The molecule has 2 aromatic rings. The number of benzene rings is 1. The molecule has 76 valence electrons. The highest BCUT2D eigenvalue weighted by atomic mass is 79.9. The van der Waals surface area contributed by atoms with Crippen LogP contribution in [0.2, 0.25) is 0 Å². The van der Waals surface area contributed by atoms with Crippen molar-refractivity contribution in [1.82, 2.24) is 9.97 Å². The molecule has 1 N–H and O–H groups in total. The largest absolute Gasteiger partial charge is 0.339 e. The molecule has 15 heavy (non-hydrogen) atoms. The Balaban J connectivity index is 2.26. The number of hydrogen-bond acceptors (Lipinski definition) is 3. The highest BCUT2D eigenvalue weighted by molar-refractivity contribution is 9.10. The summed E-state index contributed by atoms with van der Waals surface area (Å²) in [7, 11) is 0. The summed E-state index contributed by atoms with van der Waals surface area (Å²) in [6.07, 6.45) is 4.30. The Morgan fingerprint density at radius 3 is 2.93 bits per heavy atom. The zero-order valence-electron chi connectivity index (χ0n) is 7.61. The van der Waals surface area contributed by atoms with Crippen LogP contribution in [0, 0.1) is 0 Å². The summed E-state index contributed by atoms with van der Waals surface area (Å²) in [4.78, 5) is 18.7. The fourth-order valence-corrected chi connectivity index (χ4v) is 2.46. The first-order valence-corrected chi connectivity index (χ1v) is 5.82. The number of carbonyl (C=O) groups excluding carboxylic acids is 1. The van der Waals surface area contributed by atoms with Crippen LogP contribution >= 0.6 is 27.7 Å². The molecule has 0 fully saturated rings. The number of halogens is 1. The van der Waals surface area contributed by atoms with Gasteiger partial charge in [0.05, 0.1) is 0 Å². The molecule has 3 nitrogen and oxygen atoms in total. The fourth-order valence-electron chi connectivity index (χ4n) is 1.08. The molecule has 0 radical (unpaired) electrons. The summed E-state index contributed by atoms with van der Waals surface area (Å²) in [5, 5.41) is 0.828. The average molecular weight is 283 g/mol. The molecule has 1 heterocycles. The van der Waals surface area contributed by atoms with E-state index in [0.717, 1.165) is 20.8 Å². The summed E-state index contributed by atoms with van der Waals surface area (Å²) in [6.45, 7) is 0. The number of H-pyrrole nitrogens is 1. The van der Waals surface area contributed by atoms with Crippen LogP contribution in [0.1, 0.15) is 10.4 Å². The van der Waals surface area contributed by atoms with Crippen molar-refractivity contribution < 1.29 is 4.79 Å². The van der Waals surface area contributed by atoms with Gasteiger partial charge in [-0.3, -0.25) is 4.79 Å². The van der Waals surface area contributed by atoms with E-state index in [-0.39, 0.29) is 0 Å². The van der Waals surface area contributed by atoms with E-state index in [9.17, 15) is 4.79 Å². The van der Waals surface area contributed by atoms with E-state index in [0.29, 0.717) is 5.56 Å². The van der Waals surface area contributed by atoms with E-state index in [4.69, 9.17) is 0 Å². The quantitative estimate of drug-likeness (QED) is 0.880. The van der Waals surface area contributed by atoms with E-state index >= 15 is 0 Å². The van der Waals surface area contributed by atoms with Gasteiger partial charge in [-0.1, -0.05) is 17.8 Å². The Labute approximate surface area is 99.4 Å². The van der Waals surface area contributed by atoms with E-state index < -0.39 is 0 Å². The molecular formula is C10H7BrN2OS. The van der Waals surface area contributed by atoms with Crippen LogP contribution in [0.15, 0.2) is 45.1 Å². The Kier molecular flexibility index (Phi) is 3.23. The van der Waals surface area contributed by atoms with Gasteiger partial charge in [0.1, 0.15) is 6.29 Å². The Hall–Kier alpha value is -1.07. The molecule has 2 rings (SSSR count). The first-order chi connectivity index (χ1) is 7.29. The first kappa shape index (κ1) is 10.4. The number of aldehydes is 1. The van der Waals surface area contributed by atoms with Crippen LogP contribution in [0.3, 0.4) is 0 Å². The first-order valence-electron chi connectivity index (χ1n) is 4.21. The molecule has 0 atom stereocenters. The monoisotopic (exact) mass is 282 g/mol. The smallest absolute Gasteiger partial charge is 0.170 e. The Morgan fingerprint density at radius 2 is 2.33 bits per heavy atom. The zero-order chi connectivity index (χ0) is 10.7. The van der Waals surface area contributed by atoms with Crippen molar-refractivity contribution >= 4 is 34.0 Å².